The number of hydrogen-bond donors (Lipinski definition) is 2. The predicted octanol–water partition coefficient (Wildman–Crippen LogP) is 5.88. The fourth-order valence-electron chi connectivity index (χ4n) is 4.44. The van der Waals surface area contributed by atoms with Gasteiger partial charge in [-0.05, 0) is 71.1 Å². The molecular formula is C30H27N3O2. The van der Waals surface area contributed by atoms with E-state index < -0.39 is 0 Å². The van der Waals surface area contributed by atoms with Gasteiger partial charge in [-0.2, -0.15) is 0 Å². The van der Waals surface area contributed by atoms with E-state index in [1.807, 2.05) is 47.4 Å². The first-order valence-electron chi connectivity index (χ1n) is 11.8. The maximum Gasteiger partial charge on any atom is 0.255 e. The molecule has 2 amide bonds. The molecule has 5 rings (SSSR count). The van der Waals surface area contributed by atoms with Crippen molar-refractivity contribution in [2.45, 2.75) is 19.4 Å². The molecule has 3 N–H and O–H groups in total. The molecule has 1 aliphatic heterocycles. The third-order valence-corrected chi connectivity index (χ3v) is 6.35. The Morgan fingerprint density at radius 3 is 2.46 bits per heavy atom. The molecule has 35 heavy (non-hydrogen) atoms. The summed E-state index contributed by atoms with van der Waals surface area (Å²) < 4.78 is 0. The van der Waals surface area contributed by atoms with Gasteiger partial charge in [0, 0.05) is 24.2 Å². The van der Waals surface area contributed by atoms with Crippen molar-refractivity contribution < 1.29 is 9.59 Å². The zero-order chi connectivity index (χ0) is 24.2. The van der Waals surface area contributed by atoms with Gasteiger partial charge in [0.1, 0.15) is 0 Å². The summed E-state index contributed by atoms with van der Waals surface area (Å²) in [6.45, 7) is 1.24. The van der Waals surface area contributed by atoms with Crippen molar-refractivity contribution in [1.29, 1.82) is 0 Å². The highest BCUT2D eigenvalue weighted by Gasteiger charge is 2.23. The van der Waals surface area contributed by atoms with Gasteiger partial charge in [-0.25, -0.2) is 0 Å². The smallest absolute Gasteiger partial charge is 0.255 e. The number of carbonyl (C=O) groups is 2. The fraction of sp³-hybridized carbons (Fsp3) is 0.133. The molecule has 0 aromatic heterocycles. The zero-order valence-electron chi connectivity index (χ0n) is 19.4. The minimum Gasteiger partial charge on any atom is -0.397 e. The first-order valence-corrected chi connectivity index (χ1v) is 11.8. The van der Waals surface area contributed by atoms with Crippen LogP contribution in [0.5, 0.6) is 0 Å². The quantitative estimate of drug-likeness (QED) is 0.288. The van der Waals surface area contributed by atoms with Crippen LogP contribution in [0.1, 0.15) is 34.3 Å². The number of para-hydroxylation sites is 2. The van der Waals surface area contributed by atoms with Gasteiger partial charge < -0.3 is 16.0 Å². The van der Waals surface area contributed by atoms with Gasteiger partial charge in [-0.1, -0.05) is 60.7 Å². The SMILES string of the molecule is Nc1ccccc1NC(=O)c1ccc(CN2CCC/C(=C\c3ccc4ccccc4c3)C2=O)cc1. The monoisotopic (exact) mass is 461 g/mol. The van der Waals surface area contributed by atoms with Crippen molar-refractivity contribution in [2.75, 3.05) is 17.6 Å². The predicted molar refractivity (Wildman–Crippen MR) is 142 cm³/mol. The van der Waals surface area contributed by atoms with Crippen LogP contribution in [0.4, 0.5) is 11.4 Å². The number of nitrogen functional groups attached to an aromatic ring is 1. The Labute approximate surface area is 204 Å². The molecule has 5 heteroatoms. The normalized spacial score (nSPS) is 14.9. The molecular weight excluding hydrogens is 434 g/mol. The van der Waals surface area contributed by atoms with Gasteiger partial charge in [-0.15, -0.1) is 0 Å². The van der Waals surface area contributed by atoms with E-state index in [1.54, 1.807) is 24.3 Å². The topological polar surface area (TPSA) is 75.4 Å². The van der Waals surface area contributed by atoms with Gasteiger partial charge in [-0.3, -0.25) is 9.59 Å². The molecule has 0 bridgehead atoms. The highest BCUT2D eigenvalue weighted by Crippen LogP contribution is 2.24. The number of rotatable bonds is 5. The van der Waals surface area contributed by atoms with Gasteiger partial charge in [0.25, 0.3) is 5.91 Å². The number of anilines is 2. The van der Waals surface area contributed by atoms with Crippen molar-refractivity contribution >= 4 is 40.0 Å². The molecule has 174 valence electrons. The number of likely N-dealkylation sites (tertiary alicyclic amines) is 1. The summed E-state index contributed by atoms with van der Waals surface area (Å²) in [5, 5.41) is 5.20. The van der Waals surface area contributed by atoms with Gasteiger partial charge in [0.2, 0.25) is 5.91 Å². The Bertz CT molecular complexity index is 1420. The molecule has 1 aliphatic rings. The number of piperidine rings is 1. The standard InChI is InChI=1S/C30H27N3O2/c31-27-9-3-4-10-28(27)32-29(34)24-15-11-21(12-16-24)20-33-17-5-8-26(30(33)35)19-22-13-14-23-6-1-2-7-25(23)18-22/h1-4,6-7,9-16,18-19H,5,8,17,20,31H2,(H,32,34)/b26-19+. The van der Waals surface area contributed by atoms with Crippen LogP contribution in [-0.2, 0) is 11.3 Å². The minimum absolute atomic E-state index is 0.0748. The lowest BCUT2D eigenvalue weighted by atomic mass is 9.99. The molecule has 1 saturated heterocycles. The molecule has 0 atom stereocenters. The van der Waals surface area contributed by atoms with E-state index in [2.05, 4.69) is 35.6 Å². The summed E-state index contributed by atoms with van der Waals surface area (Å²) >= 11 is 0. The highest BCUT2D eigenvalue weighted by atomic mass is 16.2. The Morgan fingerprint density at radius 1 is 0.914 bits per heavy atom. The summed E-state index contributed by atoms with van der Waals surface area (Å²) in [4.78, 5) is 27.7. The van der Waals surface area contributed by atoms with Crippen molar-refractivity contribution in [3.8, 4) is 0 Å². The Morgan fingerprint density at radius 2 is 1.66 bits per heavy atom. The van der Waals surface area contributed by atoms with Crippen molar-refractivity contribution in [3.05, 3.63) is 113 Å². The number of fused-ring (bicyclic) bond motifs is 1. The number of hydrogen-bond acceptors (Lipinski definition) is 3. The Balaban J connectivity index is 1.26. The molecule has 1 heterocycles. The third-order valence-electron chi connectivity index (χ3n) is 6.35. The van der Waals surface area contributed by atoms with E-state index >= 15 is 0 Å². The number of nitrogens with zero attached hydrogens (tertiary/aromatic N) is 1. The van der Waals surface area contributed by atoms with Crippen LogP contribution in [-0.4, -0.2) is 23.3 Å². The van der Waals surface area contributed by atoms with E-state index in [1.165, 1.54) is 10.8 Å². The van der Waals surface area contributed by atoms with Gasteiger partial charge >= 0.3 is 0 Å². The molecule has 4 aromatic carbocycles. The van der Waals surface area contributed by atoms with Crippen molar-refractivity contribution in [1.82, 2.24) is 4.90 Å². The van der Waals surface area contributed by atoms with E-state index in [0.717, 1.165) is 36.1 Å². The fourth-order valence-corrected chi connectivity index (χ4v) is 4.44. The summed E-state index contributed by atoms with van der Waals surface area (Å²) in [5.74, 6) is -0.144. The lowest BCUT2D eigenvalue weighted by Gasteiger charge is -2.28. The zero-order valence-corrected chi connectivity index (χ0v) is 19.4. The number of nitrogens with two attached hydrogens (primary N) is 1. The first kappa shape index (κ1) is 22.4. The summed E-state index contributed by atoms with van der Waals surface area (Å²) in [6, 6.07) is 29.0. The number of benzene rings is 4. The number of amides is 2. The third kappa shape index (κ3) is 5.09. The second kappa shape index (κ2) is 9.85. The van der Waals surface area contributed by atoms with Crippen LogP contribution < -0.4 is 11.1 Å². The van der Waals surface area contributed by atoms with Crippen molar-refractivity contribution in [2.24, 2.45) is 0 Å². The molecule has 0 unspecified atom stereocenters. The summed E-state index contributed by atoms with van der Waals surface area (Å²) in [7, 11) is 0. The van der Waals surface area contributed by atoms with E-state index in [-0.39, 0.29) is 11.8 Å². The van der Waals surface area contributed by atoms with Crippen molar-refractivity contribution in [3.63, 3.8) is 0 Å². The Hall–Kier alpha value is -4.38. The molecule has 5 nitrogen and oxygen atoms in total. The van der Waals surface area contributed by atoms with Crippen LogP contribution in [0.25, 0.3) is 16.8 Å². The molecule has 0 radical (unpaired) electrons. The Kier molecular flexibility index (Phi) is 6.31. The molecule has 0 aliphatic carbocycles. The van der Waals surface area contributed by atoms with Crippen LogP contribution >= 0.6 is 0 Å². The average molecular weight is 462 g/mol. The lowest BCUT2D eigenvalue weighted by molar-refractivity contribution is -0.129. The first-order chi connectivity index (χ1) is 17.1. The van der Waals surface area contributed by atoms with Crippen LogP contribution in [0.15, 0.2) is 96.6 Å². The number of carbonyl (C=O) groups excluding carboxylic acids is 2. The van der Waals surface area contributed by atoms with Crippen LogP contribution in [0.2, 0.25) is 0 Å². The van der Waals surface area contributed by atoms with Gasteiger partial charge in [0.05, 0.1) is 11.4 Å². The second-order valence-electron chi connectivity index (χ2n) is 8.84. The van der Waals surface area contributed by atoms with Gasteiger partial charge in [0.15, 0.2) is 0 Å². The summed E-state index contributed by atoms with van der Waals surface area (Å²) in [5.41, 5.74) is 10.4. The largest absolute Gasteiger partial charge is 0.397 e. The lowest BCUT2D eigenvalue weighted by Crippen LogP contribution is -2.36. The van der Waals surface area contributed by atoms with Crippen LogP contribution in [0.3, 0.4) is 0 Å². The second-order valence-corrected chi connectivity index (χ2v) is 8.84. The summed E-state index contributed by atoms with van der Waals surface area (Å²) in [6.07, 6.45) is 3.73. The molecule has 1 fully saturated rings. The molecule has 4 aromatic rings. The maximum atomic E-state index is 13.2. The maximum absolute atomic E-state index is 13.2. The van der Waals surface area contributed by atoms with E-state index in [9.17, 15) is 9.59 Å². The van der Waals surface area contributed by atoms with E-state index in [4.69, 9.17) is 5.73 Å². The highest BCUT2D eigenvalue weighted by molar-refractivity contribution is 6.05. The van der Waals surface area contributed by atoms with Crippen LogP contribution in [0, 0.1) is 0 Å². The molecule has 0 spiro atoms. The average Bonchev–Trinajstić information content (AvgIpc) is 2.88. The number of nitrogens with one attached hydrogen (secondary N) is 1. The molecule has 0 saturated carbocycles. The minimum atomic E-state index is -0.218. The van der Waals surface area contributed by atoms with E-state index in [0.29, 0.717) is 23.5 Å².